The summed E-state index contributed by atoms with van der Waals surface area (Å²) >= 11 is 1.69. The summed E-state index contributed by atoms with van der Waals surface area (Å²) < 4.78 is 0. The van der Waals surface area contributed by atoms with E-state index in [2.05, 4.69) is 39.0 Å². The lowest BCUT2D eigenvalue weighted by Gasteiger charge is -2.06. The number of nitrogens with one attached hydrogen (secondary N) is 1. The standard InChI is InChI=1S/C12H15N3S/c1-3-4-11-14-10(7-12(13-2)15-11)9-5-6-16-8-9/h5-8H,3-4H2,1-2H3,(H,13,14,15). The molecule has 0 aliphatic rings. The summed E-state index contributed by atoms with van der Waals surface area (Å²) in [5, 5.41) is 7.25. The quantitative estimate of drug-likeness (QED) is 0.881. The van der Waals surface area contributed by atoms with Crippen LogP contribution < -0.4 is 5.32 Å². The fourth-order valence-electron chi connectivity index (χ4n) is 1.52. The van der Waals surface area contributed by atoms with Crippen LogP contribution in [0, 0.1) is 0 Å². The molecule has 2 rings (SSSR count). The van der Waals surface area contributed by atoms with Crippen molar-refractivity contribution in [3.05, 3.63) is 28.7 Å². The summed E-state index contributed by atoms with van der Waals surface area (Å²) in [4.78, 5) is 9.00. The van der Waals surface area contributed by atoms with Gasteiger partial charge in [-0.15, -0.1) is 0 Å². The average molecular weight is 233 g/mol. The molecule has 1 N–H and O–H groups in total. The maximum atomic E-state index is 4.57. The summed E-state index contributed by atoms with van der Waals surface area (Å²) in [7, 11) is 1.88. The van der Waals surface area contributed by atoms with E-state index in [0.717, 1.165) is 30.2 Å². The Morgan fingerprint density at radius 1 is 1.38 bits per heavy atom. The summed E-state index contributed by atoms with van der Waals surface area (Å²) in [6, 6.07) is 4.07. The highest BCUT2D eigenvalue weighted by Gasteiger charge is 2.05. The van der Waals surface area contributed by atoms with Crippen molar-refractivity contribution in [2.75, 3.05) is 12.4 Å². The molecule has 0 radical (unpaired) electrons. The van der Waals surface area contributed by atoms with Crippen LogP contribution in [0.3, 0.4) is 0 Å². The minimum absolute atomic E-state index is 0.889. The third-order valence-corrected chi connectivity index (χ3v) is 3.00. The maximum Gasteiger partial charge on any atom is 0.131 e. The zero-order valence-electron chi connectivity index (χ0n) is 9.53. The molecule has 3 nitrogen and oxygen atoms in total. The second-order valence-corrected chi connectivity index (χ2v) is 4.35. The molecule has 2 aromatic heterocycles. The van der Waals surface area contributed by atoms with Crippen molar-refractivity contribution >= 4 is 17.2 Å². The number of hydrogen-bond donors (Lipinski definition) is 1. The Morgan fingerprint density at radius 2 is 2.25 bits per heavy atom. The second kappa shape index (κ2) is 5.07. The van der Waals surface area contributed by atoms with E-state index in [4.69, 9.17) is 0 Å². The summed E-state index contributed by atoms with van der Waals surface area (Å²) in [5.74, 6) is 1.80. The van der Waals surface area contributed by atoms with E-state index in [-0.39, 0.29) is 0 Å². The van der Waals surface area contributed by atoms with Crippen molar-refractivity contribution in [1.29, 1.82) is 0 Å². The number of thiophene rings is 1. The minimum Gasteiger partial charge on any atom is -0.373 e. The van der Waals surface area contributed by atoms with Gasteiger partial charge in [0.15, 0.2) is 0 Å². The fraction of sp³-hybridized carbons (Fsp3) is 0.333. The first-order valence-corrected chi connectivity index (χ1v) is 6.36. The van der Waals surface area contributed by atoms with E-state index in [0.29, 0.717) is 0 Å². The molecule has 0 aromatic carbocycles. The van der Waals surface area contributed by atoms with Crippen molar-refractivity contribution in [2.24, 2.45) is 0 Å². The Kier molecular flexibility index (Phi) is 3.51. The van der Waals surface area contributed by atoms with Crippen LogP contribution in [0.2, 0.25) is 0 Å². The summed E-state index contributed by atoms with van der Waals surface area (Å²) in [5.41, 5.74) is 2.17. The average Bonchev–Trinajstić information content (AvgIpc) is 2.82. The molecule has 2 aromatic rings. The van der Waals surface area contributed by atoms with Crippen LogP contribution >= 0.6 is 11.3 Å². The van der Waals surface area contributed by atoms with Gasteiger partial charge < -0.3 is 5.32 Å². The molecule has 84 valence electrons. The maximum absolute atomic E-state index is 4.57. The van der Waals surface area contributed by atoms with Crippen LogP contribution in [0.4, 0.5) is 5.82 Å². The van der Waals surface area contributed by atoms with Gasteiger partial charge in [0.25, 0.3) is 0 Å². The molecule has 0 bridgehead atoms. The van der Waals surface area contributed by atoms with Crippen LogP contribution in [0.1, 0.15) is 19.2 Å². The van der Waals surface area contributed by atoms with Gasteiger partial charge in [-0.25, -0.2) is 9.97 Å². The summed E-state index contributed by atoms with van der Waals surface area (Å²) in [6.45, 7) is 2.14. The Bertz CT molecular complexity index is 451. The van der Waals surface area contributed by atoms with Gasteiger partial charge in [0.1, 0.15) is 11.6 Å². The normalized spacial score (nSPS) is 10.4. The van der Waals surface area contributed by atoms with Crippen LogP contribution in [0.25, 0.3) is 11.3 Å². The number of anilines is 1. The highest BCUT2D eigenvalue weighted by atomic mass is 32.1. The monoisotopic (exact) mass is 233 g/mol. The first-order valence-electron chi connectivity index (χ1n) is 5.41. The van der Waals surface area contributed by atoms with Crippen molar-refractivity contribution in [2.45, 2.75) is 19.8 Å². The lowest BCUT2D eigenvalue weighted by Crippen LogP contribution is -2.01. The smallest absolute Gasteiger partial charge is 0.131 e. The largest absolute Gasteiger partial charge is 0.373 e. The number of rotatable bonds is 4. The van der Waals surface area contributed by atoms with Gasteiger partial charge in [-0.3, -0.25) is 0 Å². The lowest BCUT2D eigenvalue weighted by atomic mass is 10.2. The first kappa shape index (κ1) is 11.1. The van der Waals surface area contributed by atoms with Gasteiger partial charge in [0.2, 0.25) is 0 Å². The highest BCUT2D eigenvalue weighted by Crippen LogP contribution is 2.22. The van der Waals surface area contributed by atoms with Crippen LogP contribution in [0.5, 0.6) is 0 Å². The van der Waals surface area contributed by atoms with Crippen molar-refractivity contribution < 1.29 is 0 Å². The Labute approximate surface area is 99.6 Å². The van der Waals surface area contributed by atoms with Gasteiger partial charge in [-0.05, 0) is 17.9 Å². The van der Waals surface area contributed by atoms with Gasteiger partial charge in [-0.1, -0.05) is 6.92 Å². The number of nitrogens with zero attached hydrogens (tertiary/aromatic N) is 2. The van der Waals surface area contributed by atoms with Crippen LogP contribution in [-0.4, -0.2) is 17.0 Å². The van der Waals surface area contributed by atoms with E-state index in [9.17, 15) is 0 Å². The van der Waals surface area contributed by atoms with E-state index in [1.807, 2.05) is 13.1 Å². The molecular weight excluding hydrogens is 218 g/mol. The number of aromatic nitrogens is 2. The SMILES string of the molecule is CCCc1nc(NC)cc(-c2ccsc2)n1. The van der Waals surface area contributed by atoms with Crippen LogP contribution in [0.15, 0.2) is 22.9 Å². The van der Waals surface area contributed by atoms with Gasteiger partial charge >= 0.3 is 0 Å². The summed E-state index contributed by atoms with van der Waals surface area (Å²) in [6.07, 6.45) is 1.99. The lowest BCUT2D eigenvalue weighted by molar-refractivity contribution is 0.838. The zero-order chi connectivity index (χ0) is 11.4. The van der Waals surface area contributed by atoms with Gasteiger partial charge in [0.05, 0.1) is 5.69 Å². The molecule has 0 aliphatic heterocycles. The minimum atomic E-state index is 0.889. The highest BCUT2D eigenvalue weighted by molar-refractivity contribution is 7.08. The molecule has 16 heavy (non-hydrogen) atoms. The molecule has 0 fully saturated rings. The fourth-order valence-corrected chi connectivity index (χ4v) is 2.17. The zero-order valence-corrected chi connectivity index (χ0v) is 10.3. The molecule has 0 saturated carbocycles. The molecule has 0 spiro atoms. The van der Waals surface area contributed by atoms with E-state index in [1.54, 1.807) is 11.3 Å². The third-order valence-electron chi connectivity index (χ3n) is 2.32. The predicted octanol–water partition coefficient (Wildman–Crippen LogP) is 3.20. The molecule has 0 aliphatic carbocycles. The van der Waals surface area contributed by atoms with Crippen molar-refractivity contribution in [3.8, 4) is 11.3 Å². The molecule has 2 heterocycles. The third kappa shape index (κ3) is 2.39. The molecule has 4 heteroatoms. The van der Waals surface area contributed by atoms with Crippen LogP contribution in [-0.2, 0) is 6.42 Å². The molecule has 0 amide bonds. The Morgan fingerprint density at radius 3 is 2.88 bits per heavy atom. The molecule has 0 unspecified atom stereocenters. The van der Waals surface area contributed by atoms with E-state index in [1.165, 1.54) is 5.56 Å². The van der Waals surface area contributed by atoms with Crippen molar-refractivity contribution in [1.82, 2.24) is 9.97 Å². The van der Waals surface area contributed by atoms with E-state index < -0.39 is 0 Å². The van der Waals surface area contributed by atoms with E-state index >= 15 is 0 Å². The predicted molar refractivity (Wildman–Crippen MR) is 68.9 cm³/mol. The Hall–Kier alpha value is -1.42. The van der Waals surface area contributed by atoms with Gasteiger partial charge in [-0.2, -0.15) is 11.3 Å². The second-order valence-electron chi connectivity index (χ2n) is 3.57. The molecular formula is C12H15N3S. The van der Waals surface area contributed by atoms with Crippen molar-refractivity contribution in [3.63, 3.8) is 0 Å². The number of hydrogen-bond acceptors (Lipinski definition) is 4. The topological polar surface area (TPSA) is 37.8 Å². The van der Waals surface area contributed by atoms with Gasteiger partial charge in [0, 0.05) is 30.5 Å². The molecule has 0 saturated heterocycles. The first-order chi connectivity index (χ1) is 7.83. The number of aryl methyl sites for hydroxylation is 1. The molecule has 0 atom stereocenters. The Balaban J connectivity index is 2.41.